The van der Waals surface area contributed by atoms with Crippen molar-refractivity contribution in [1.29, 1.82) is 0 Å². The summed E-state index contributed by atoms with van der Waals surface area (Å²) in [6.07, 6.45) is 2.20. The number of rotatable bonds is 3. The molecule has 1 N–H and O–H groups in total. The third-order valence-electron chi connectivity index (χ3n) is 2.96. The van der Waals surface area contributed by atoms with Crippen molar-refractivity contribution in [3.63, 3.8) is 0 Å². The maximum atomic E-state index is 12.9. The van der Waals surface area contributed by atoms with Crippen LogP contribution in [-0.2, 0) is 6.61 Å². The first-order valence-corrected chi connectivity index (χ1v) is 5.61. The van der Waals surface area contributed by atoms with Gasteiger partial charge in [0.05, 0.1) is 18.0 Å². The summed E-state index contributed by atoms with van der Waals surface area (Å²) >= 11 is 0. The van der Waals surface area contributed by atoms with Gasteiger partial charge in [0.15, 0.2) is 0 Å². The van der Waals surface area contributed by atoms with Crippen LogP contribution in [0.1, 0.15) is 30.1 Å². The Morgan fingerprint density at radius 3 is 2.59 bits per heavy atom. The maximum absolute atomic E-state index is 12.9. The highest BCUT2D eigenvalue weighted by Crippen LogP contribution is 2.41. The van der Waals surface area contributed by atoms with E-state index in [4.69, 9.17) is 0 Å². The van der Waals surface area contributed by atoms with E-state index in [0.717, 1.165) is 24.2 Å². The van der Waals surface area contributed by atoms with Crippen molar-refractivity contribution in [2.75, 3.05) is 0 Å². The van der Waals surface area contributed by atoms with Gasteiger partial charge in [-0.1, -0.05) is 5.21 Å². The smallest absolute Gasteiger partial charge is 0.123 e. The molecule has 0 amide bonds. The van der Waals surface area contributed by atoms with Gasteiger partial charge in [-0.05, 0) is 37.1 Å². The standard InChI is InChI=1S/C12H12FN3O/c13-9-3-5-10(6-4-9)16-12(8-1-2-8)11(7-17)14-15-16/h3-6,8,17H,1-2,7H2. The second-order valence-electron chi connectivity index (χ2n) is 4.24. The van der Waals surface area contributed by atoms with Crippen molar-refractivity contribution in [1.82, 2.24) is 15.0 Å². The Morgan fingerprint density at radius 1 is 1.29 bits per heavy atom. The van der Waals surface area contributed by atoms with E-state index in [2.05, 4.69) is 10.3 Å². The summed E-state index contributed by atoms with van der Waals surface area (Å²) in [5.74, 6) is 0.154. The number of halogens is 1. The molecule has 1 fully saturated rings. The molecule has 2 aromatic rings. The van der Waals surface area contributed by atoms with E-state index < -0.39 is 0 Å². The van der Waals surface area contributed by atoms with E-state index in [1.807, 2.05) is 0 Å². The van der Waals surface area contributed by atoms with Crippen molar-refractivity contribution < 1.29 is 9.50 Å². The topological polar surface area (TPSA) is 50.9 Å². The van der Waals surface area contributed by atoms with Gasteiger partial charge in [-0.25, -0.2) is 9.07 Å². The molecule has 5 heteroatoms. The summed E-state index contributed by atoms with van der Waals surface area (Å²) < 4.78 is 14.6. The van der Waals surface area contributed by atoms with E-state index in [0.29, 0.717) is 11.6 Å². The zero-order valence-corrected chi connectivity index (χ0v) is 9.17. The van der Waals surface area contributed by atoms with Crippen LogP contribution in [0.5, 0.6) is 0 Å². The van der Waals surface area contributed by atoms with Gasteiger partial charge in [0, 0.05) is 5.92 Å². The number of aromatic nitrogens is 3. The highest BCUT2D eigenvalue weighted by atomic mass is 19.1. The van der Waals surface area contributed by atoms with E-state index >= 15 is 0 Å². The van der Waals surface area contributed by atoms with Gasteiger partial charge in [0.2, 0.25) is 0 Å². The molecule has 0 bridgehead atoms. The highest BCUT2D eigenvalue weighted by molar-refractivity contribution is 5.35. The van der Waals surface area contributed by atoms with Gasteiger partial charge < -0.3 is 5.11 Å². The van der Waals surface area contributed by atoms with Crippen LogP contribution >= 0.6 is 0 Å². The molecule has 1 aromatic carbocycles. The maximum Gasteiger partial charge on any atom is 0.123 e. The van der Waals surface area contributed by atoms with Crippen LogP contribution in [0, 0.1) is 5.82 Å². The Kier molecular flexibility index (Phi) is 2.40. The average molecular weight is 233 g/mol. The van der Waals surface area contributed by atoms with E-state index in [-0.39, 0.29) is 12.4 Å². The van der Waals surface area contributed by atoms with Crippen LogP contribution in [0.4, 0.5) is 4.39 Å². The fraction of sp³-hybridized carbons (Fsp3) is 0.333. The molecule has 1 aliphatic carbocycles. The number of benzene rings is 1. The van der Waals surface area contributed by atoms with Gasteiger partial charge in [-0.3, -0.25) is 0 Å². The van der Waals surface area contributed by atoms with Crippen molar-refractivity contribution in [2.45, 2.75) is 25.4 Å². The van der Waals surface area contributed by atoms with Crippen LogP contribution in [0.25, 0.3) is 5.69 Å². The summed E-state index contributed by atoms with van der Waals surface area (Å²) in [6.45, 7) is -0.104. The van der Waals surface area contributed by atoms with Crippen LogP contribution < -0.4 is 0 Å². The van der Waals surface area contributed by atoms with Crippen molar-refractivity contribution in [2.24, 2.45) is 0 Å². The van der Waals surface area contributed by atoms with Gasteiger partial charge in [-0.15, -0.1) is 5.10 Å². The molecule has 3 rings (SSSR count). The number of aliphatic hydroxyl groups is 1. The third-order valence-corrected chi connectivity index (χ3v) is 2.96. The molecular formula is C12H12FN3O. The molecule has 0 spiro atoms. The van der Waals surface area contributed by atoms with Crippen LogP contribution in [0.2, 0.25) is 0 Å². The molecule has 0 aliphatic heterocycles. The summed E-state index contributed by atoms with van der Waals surface area (Å²) in [6, 6.07) is 6.12. The molecule has 1 aliphatic rings. The van der Waals surface area contributed by atoms with Crippen LogP contribution in [-0.4, -0.2) is 20.1 Å². The molecule has 0 unspecified atom stereocenters. The SMILES string of the molecule is OCc1nnn(-c2ccc(F)cc2)c1C1CC1. The molecule has 0 saturated heterocycles. The number of hydrogen-bond donors (Lipinski definition) is 1. The molecule has 88 valence electrons. The van der Waals surface area contributed by atoms with Crippen molar-refractivity contribution >= 4 is 0 Å². The molecule has 4 nitrogen and oxygen atoms in total. The molecule has 0 atom stereocenters. The Labute approximate surface area is 97.7 Å². The molecule has 1 saturated carbocycles. The Balaban J connectivity index is 2.07. The summed E-state index contributed by atoms with van der Waals surface area (Å²) in [7, 11) is 0. The summed E-state index contributed by atoms with van der Waals surface area (Å²) in [4.78, 5) is 0. The lowest BCUT2D eigenvalue weighted by Crippen LogP contribution is -2.02. The molecule has 1 heterocycles. The molecule has 0 radical (unpaired) electrons. The third kappa shape index (κ3) is 1.82. The minimum absolute atomic E-state index is 0.104. The fourth-order valence-corrected chi connectivity index (χ4v) is 1.97. The minimum Gasteiger partial charge on any atom is -0.390 e. The lowest BCUT2D eigenvalue weighted by atomic mass is 10.2. The first-order chi connectivity index (χ1) is 8.29. The van der Waals surface area contributed by atoms with Gasteiger partial charge in [0.25, 0.3) is 0 Å². The minimum atomic E-state index is -0.274. The normalized spacial score (nSPS) is 15.2. The molecule has 1 aromatic heterocycles. The Hall–Kier alpha value is -1.75. The fourth-order valence-electron chi connectivity index (χ4n) is 1.97. The molecule has 17 heavy (non-hydrogen) atoms. The van der Waals surface area contributed by atoms with E-state index in [1.54, 1.807) is 16.8 Å². The largest absolute Gasteiger partial charge is 0.390 e. The Morgan fingerprint density at radius 2 is 2.00 bits per heavy atom. The average Bonchev–Trinajstić information content (AvgIpc) is 3.10. The summed E-state index contributed by atoms with van der Waals surface area (Å²) in [5.41, 5.74) is 2.36. The number of hydrogen-bond acceptors (Lipinski definition) is 3. The zero-order valence-electron chi connectivity index (χ0n) is 9.17. The van der Waals surface area contributed by atoms with Crippen LogP contribution in [0.3, 0.4) is 0 Å². The predicted octanol–water partition coefficient (Wildman–Crippen LogP) is 1.78. The van der Waals surface area contributed by atoms with Gasteiger partial charge in [-0.2, -0.15) is 0 Å². The first kappa shape index (κ1) is 10.4. The quantitative estimate of drug-likeness (QED) is 0.879. The second kappa shape index (κ2) is 3.92. The first-order valence-electron chi connectivity index (χ1n) is 5.61. The lowest BCUT2D eigenvalue weighted by molar-refractivity contribution is 0.275. The number of nitrogens with zero attached hydrogens (tertiary/aromatic N) is 3. The molecular weight excluding hydrogens is 221 g/mol. The van der Waals surface area contributed by atoms with E-state index in [9.17, 15) is 9.50 Å². The predicted molar refractivity (Wildman–Crippen MR) is 59.2 cm³/mol. The van der Waals surface area contributed by atoms with E-state index in [1.165, 1.54) is 12.1 Å². The zero-order chi connectivity index (χ0) is 11.8. The number of aliphatic hydroxyl groups excluding tert-OH is 1. The Bertz CT molecular complexity index is 531. The second-order valence-corrected chi connectivity index (χ2v) is 4.24. The van der Waals surface area contributed by atoms with Crippen molar-refractivity contribution in [3.8, 4) is 5.69 Å². The van der Waals surface area contributed by atoms with Crippen LogP contribution in [0.15, 0.2) is 24.3 Å². The lowest BCUT2D eigenvalue weighted by Gasteiger charge is -2.05. The monoisotopic (exact) mass is 233 g/mol. The highest BCUT2D eigenvalue weighted by Gasteiger charge is 2.31. The van der Waals surface area contributed by atoms with Crippen molar-refractivity contribution in [3.05, 3.63) is 41.5 Å². The summed E-state index contributed by atoms with van der Waals surface area (Å²) in [5, 5.41) is 17.2. The van der Waals surface area contributed by atoms with Gasteiger partial charge in [0.1, 0.15) is 11.5 Å². The van der Waals surface area contributed by atoms with Gasteiger partial charge >= 0.3 is 0 Å².